The maximum absolute atomic E-state index is 4.47. The smallest absolute Gasteiger partial charge is 0.137 e. The molecule has 1 aromatic rings. The molecule has 0 atom stereocenters. The summed E-state index contributed by atoms with van der Waals surface area (Å²) < 4.78 is 0. The van der Waals surface area contributed by atoms with Crippen LogP contribution in [0.15, 0.2) is 6.33 Å². The van der Waals surface area contributed by atoms with E-state index in [0.717, 1.165) is 43.6 Å². The van der Waals surface area contributed by atoms with Gasteiger partial charge in [0, 0.05) is 25.2 Å². The number of rotatable bonds is 4. The molecule has 100 valence electrons. The van der Waals surface area contributed by atoms with Crippen LogP contribution in [0.3, 0.4) is 0 Å². The molecule has 1 fully saturated rings. The molecule has 4 nitrogen and oxygen atoms in total. The van der Waals surface area contributed by atoms with Gasteiger partial charge in [-0.2, -0.15) is 0 Å². The molecule has 1 aliphatic heterocycles. The number of nitrogens with zero attached hydrogens (tertiary/aromatic N) is 3. The Labute approximate surface area is 110 Å². The van der Waals surface area contributed by atoms with Crippen molar-refractivity contribution >= 4 is 11.6 Å². The summed E-state index contributed by atoms with van der Waals surface area (Å²) in [6, 6.07) is 0. The number of anilines is 2. The average molecular weight is 248 g/mol. The molecule has 0 saturated carbocycles. The van der Waals surface area contributed by atoms with Gasteiger partial charge in [-0.05, 0) is 32.1 Å². The number of hydrogen-bond donors (Lipinski definition) is 1. The lowest BCUT2D eigenvalue weighted by Gasteiger charge is -2.32. The summed E-state index contributed by atoms with van der Waals surface area (Å²) in [6.45, 7) is 9.81. The fourth-order valence-corrected chi connectivity index (χ4v) is 2.40. The zero-order valence-corrected chi connectivity index (χ0v) is 11.7. The third kappa shape index (κ3) is 2.92. The summed E-state index contributed by atoms with van der Waals surface area (Å²) in [4.78, 5) is 11.2. The van der Waals surface area contributed by atoms with Gasteiger partial charge in [0.1, 0.15) is 18.0 Å². The van der Waals surface area contributed by atoms with E-state index in [1.807, 2.05) is 0 Å². The molecular weight excluding hydrogens is 224 g/mol. The molecule has 1 aromatic heterocycles. The molecule has 0 bridgehead atoms. The Kier molecular flexibility index (Phi) is 4.39. The second kappa shape index (κ2) is 6.03. The lowest BCUT2D eigenvalue weighted by molar-refractivity contribution is 0.436. The molecular formula is C14H24N4. The van der Waals surface area contributed by atoms with Crippen molar-refractivity contribution in [3.63, 3.8) is 0 Å². The first-order valence-corrected chi connectivity index (χ1v) is 7.02. The van der Waals surface area contributed by atoms with Crippen molar-refractivity contribution < 1.29 is 0 Å². The van der Waals surface area contributed by atoms with Crippen LogP contribution in [-0.4, -0.2) is 29.6 Å². The molecule has 2 heterocycles. The highest BCUT2D eigenvalue weighted by atomic mass is 15.2. The van der Waals surface area contributed by atoms with Gasteiger partial charge < -0.3 is 10.2 Å². The van der Waals surface area contributed by atoms with E-state index in [1.54, 1.807) is 6.33 Å². The number of hydrogen-bond acceptors (Lipinski definition) is 4. The highest BCUT2D eigenvalue weighted by Crippen LogP contribution is 2.26. The van der Waals surface area contributed by atoms with Crippen molar-refractivity contribution in [1.82, 2.24) is 9.97 Å². The summed E-state index contributed by atoms with van der Waals surface area (Å²) in [5, 5.41) is 3.37. The maximum atomic E-state index is 4.47. The summed E-state index contributed by atoms with van der Waals surface area (Å²) in [5.41, 5.74) is 1.18. The monoisotopic (exact) mass is 248 g/mol. The van der Waals surface area contributed by atoms with Crippen LogP contribution < -0.4 is 10.2 Å². The number of aromatic nitrogens is 2. The third-order valence-corrected chi connectivity index (χ3v) is 3.68. The zero-order chi connectivity index (χ0) is 13.0. The van der Waals surface area contributed by atoms with E-state index in [2.05, 4.69) is 41.0 Å². The molecule has 1 N–H and O–H groups in total. The summed E-state index contributed by atoms with van der Waals surface area (Å²) in [7, 11) is 0. The van der Waals surface area contributed by atoms with E-state index >= 15 is 0 Å². The third-order valence-electron chi connectivity index (χ3n) is 3.68. The second-order valence-corrected chi connectivity index (χ2v) is 5.27. The Morgan fingerprint density at radius 2 is 2.06 bits per heavy atom. The Bertz CT molecular complexity index is 383. The molecule has 0 aliphatic carbocycles. The van der Waals surface area contributed by atoms with Gasteiger partial charge in [0.2, 0.25) is 0 Å². The minimum atomic E-state index is 0.848. The lowest BCUT2D eigenvalue weighted by atomic mass is 9.99. The Hall–Kier alpha value is -1.32. The first-order valence-electron chi connectivity index (χ1n) is 7.02. The molecule has 4 heteroatoms. The van der Waals surface area contributed by atoms with E-state index in [9.17, 15) is 0 Å². The first-order chi connectivity index (χ1) is 8.72. The van der Waals surface area contributed by atoms with Gasteiger partial charge in [0.25, 0.3) is 0 Å². The predicted octanol–water partition coefficient (Wildman–Crippen LogP) is 2.84. The highest BCUT2D eigenvalue weighted by Gasteiger charge is 2.19. The van der Waals surface area contributed by atoms with Gasteiger partial charge in [0.15, 0.2) is 0 Å². The van der Waals surface area contributed by atoms with E-state index in [1.165, 1.54) is 18.4 Å². The summed E-state index contributed by atoms with van der Waals surface area (Å²) in [6.07, 6.45) is 5.32. The number of piperidine rings is 1. The fraction of sp³-hybridized carbons (Fsp3) is 0.714. The van der Waals surface area contributed by atoms with Gasteiger partial charge in [0.05, 0.1) is 0 Å². The van der Waals surface area contributed by atoms with Gasteiger partial charge in [-0.15, -0.1) is 0 Å². The van der Waals surface area contributed by atoms with Crippen LogP contribution >= 0.6 is 0 Å². The Morgan fingerprint density at radius 1 is 1.33 bits per heavy atom. The van der Waals surface area contributed by atoms with Crippen LogP contribution in [0.25, 0.3) is 0 Å². The van der Waals surface area contributed by atoms with Crippen molar-refractivity contribution in [3.05, 3.63) is 11.9 Å². The van der Waals surface area contributed by atoms with Gasteiger partial charge in [-0.3, -0.25) is 0 Å². The molecule has 1 saturated heterocycles. The van der Waals surface area contributed by atoms with E-state index in [4.69, 9.17) is 0 Å². The van der Waals surface area contributed by atoms with Crippen LogP contribution in [-0.2, 0) is 0 Å². The molecule has 0 radical (unpaired) electrons. The maximum Gasteiger partial charge on any atom is 0.137 e. The van der Waals surface area contributed by atoms with Crippen LogP contribution in [0.5, 0.6) is 0 Å². The van der Waals surface area contributed by atoms with Crippen molar-refractivity contribution in [2.45, 2.75) is 40.0 Å². The second-order valence-electron chi connectivity index (χ2n) is 5.27. The van der Waals surface area contributed by atoms with Crippen LogP contribution in [0.2, 0.25) is 0 Å². The van der Waals surface area contributed by atoms with Crippen molar-refractivity contribution in [2.75, 3.05) is 29.9 Å². The first kappa shape index (κ1) is 13.1. The average Bonchev–Trinajstić information content (AvgIpc) is 2.39. The molecule has 18 heavy (non-hydrogen) atoms. The van der Waals surface area contributed by atoms with E-state index < -0.39 is 0 Å². The largest absolute Gasteiger partial charge is 0.370 e. The highest BCUT2D eigenvalue weighted by molar-refractivity contribution is 5.58. The summed E-state index contributed by atoms with van der Waals surface area (Å²) in [5.74, 6) is 2.94. The van der Waals surface area contributed by atoms with Gasteiger partial charge in [-0.25, -0.2) is 9.97 Å². The molecule has 0 amide bonds. The Balaban J connectivity index is 2.12. The van der Waals surface area contributed by atoms with Crippen LogP contribution in [0.1, 0.15) is 38.7 Å². The molecule has 2 rings (SSSR count). The fourth-order valence-electron chi connectivity index (χ4n) is 2.40. The molecule has 1 aliphatic rings. The van der Waals surface area contributed by atoms with E-state index in [-0.39, 0.29) is 0 Å². The van der Waals surface area contributed by atoms with Crippen molar-refractivity contribution in [2.24, 2.45) is 5.92 Å². The van der Waals surface area contributed by atoms with E-state index in [0.29, 0.717) is 0 Å². The molecule has 0 unspecified atom stereocenters. The van der Waals surface area contributed by atoms with Crippen molar-refractivity contribution in [3.8, 4) is 0 Å². The Morgan fingerprint density at radius 3 is 2.72 bits per heavy atom. The van der Waals surface area contributed by atoms with Gasteiger partial charge in [-0.1, -0.05) is 13.8 Å². The zero-order valence-electron chi connectivity index (χ0n) is 11.7. The SMILES string of the molecule is CCCNc1ncnc(N2CCC(C)CC2)c1C. The topological polar surface area (TPSA) is 41.1 Å². The minimum Gasteiger partial charge on any atom is -0.370 e. The summed E-state index contributed by atoms with van der Waals surface area (Å²) >= 11 is 0. The predicted molar refractivity (Wildman–Crippen MR) is 76.2 cm³/mol. The van der Waals surface area contributed by atoms with Crippen LogP contribution in [0.4, 0.5) is 11.6 Å². The lowest BCUT2D eigenvalue weighted by Crippen LogP contribution is -2.34. The van der Waals surface area contributed by atoms with Crippen LogP contribution in [0, 0.1) is 12.8 Å². The normalized spacial score (nSPS) is 16.9. The minimum absolute atomic E-state index is 0.848. The number of nitrogens with one attached hydrogen (secondary N) is 1. The standard InChI is InChI=1S/C14H24N4/c1-4-7-15-13-12(3)14(17-10-16-13)18-8-5-11(2)6-9-18/h10-11H,4-9H2,1-3H3,(H,15,16,17). The van der Waals surface area contributed by atoms with Crippen molar-refractivity contribution in [1.29, 1.82) is 0 Å². The molecule has 0 aromatic carbocycles. The molecule has 0 spiro atoms. The van der Waals surface area contributed by atoms with Gasteiger partial charge >= 0.3 is 0 Å². The quantitative estimate of drug-likeness (QED) is 0.889.